The third-order valence-electron chi connectivity index (χ3n) is 9.90. The smallest absolute Gasteiger partial charge is 0.338 e. The molecule has 0 N–H and O–H groups in total. The van der Waals surface area contributed by atoms with Crippen molar-refractivity contribution in [3.05, 3.63) is 46.5 Å². The lowest BCUT2D eigenvalue weighted by molar-refractivity contribution is -0.176. The van der Waals surface area contributed by atoms with Gasteiger partial charge < -0.3 is 33.2 Å². The molecule has 3 fully saturated rings. The molecule has 11 heteroatoms. The Bertz CT molecular complexity index is 1530. The van der Waals surface area contributed by atoms with E-state index in [4.69, 9.17) is 38.2 Å². The molecule has 0 spiro atoms. The van der Waals surface area contributed by atoms with E-state index in [-0.39, 0.29) is 35.5 Å². The average molecular weight is 609 g/mol. The van der Waals surface area contributed by atoms with Gasteiger partial charge in [0, 0.05) is 37.5 Å². The van der Waals surface area contributed by atoms with Crippen molar-refractivity contribution in [2.45, 2.75) is 43.6 Å². The lowest BCUT2D eigenvalue weighted by Gasteiger charge is -2.54. The number of methoxy groups -OCH3 is 6. The van der Waals surface area contributed by atoms with Crippen molar-refractivity contribution in [2.24, 2.45) is 22.7 Å². The number of piperidine rings is 2. The number of hydrogen-bond donors (Lipinski definition) is 0. The minimum Gasteiger partial charge on any atom is -0.497 e. The van der Waals surface area contributed by atoms with Crippen LogP contribution in [0.15, 0.2) is 35.3 Å². The van der Waals surface area contributed by atoms with E-state index >= 15 is 0 Å². The van der Waals surface area contributed by atoms with E-state index < -0.39 is 24.1 Å². The van der Waals surface area contributed by atoms with Gasteiger partial charge in [-0.25, -0.2) is 4.79 Å². The lowest BCUT2D eigenvalue weighted by Crippen LogP contribution is -2.62. The molecule has 2 saturated heterocycles. The predicted octanol–water partition coefficient (Wildman–Crippen LogP) is 2.02. The van der Waals surface area contributed by atoms with Crippen LogP contribution in [0.1, 0.15) is 29.6 Å². The quantitative estimate of drug-likeness (QED) is 0.413. The summed E-state index contributed by atoms with van der Waals surface area (Å²) in [5.74, 6) is 0.419. The van der Waals surface area contributed by atoms with E-state index in [2.05, 4.69) is 11.0 Å². The van der Waals surface area contributed by atoms with Gasteiger partial charge in [-0.15, -0.1) is 0 Å². The Hall–Kier alpha value is -3.83. The Morgan fingerprint density at radius 3 is 2.30 bits per heavy atom. The molecule has 0 radical (unpaired) electrons. The number of benzene rings is 2. The van der Waals surface area contributed by atoms with Gasteiger partial charge in [0.2, 0.25) is 5.75 Å². The molecule has 0 amide bonds. The first-order chi connectivity index (χ1) is 21.3. The van der Waals surface area contributed by atoms with Gasteiger partial charge in [0.25, 0.3) is 0 Å². The van der Waals surface area contributed by atoms with Crippen LogP contribution in [0.2, 0.25) is 0 Å². The summed E-state index contributed by atoms with van der Waals surface area (Å²) in [6, 6.07) is 9.40. The average Bonchev–Trinajstić information content (AvgIpc) is 3.43. The Morgan fingerprint density at radius 2 is 1.66 bits per heavy atom. The van der Waals surface area contributed by atoms with E-state index in [1.807, 2.05) is 12.1 Å². The normalized spacial score (nSPS) is 28.8. The maximum Gasteiger partial charge on any atom is 0.338 e. The molecule has 1 unspecified atom stereocenters. The first kappa shape index (κ1) is 30.2. The summed E-state index contributed by atoms with van der Waals surface area (Å²) in [5, 5.41) is 2.16. The molecule has 3 heterocycles. The number of rotatable bonds is 8. The second-order valence-electron chi connectivity index (χ2n) is 11.8. The standard InChI is InChI=1S/C33H40N2O9/c1-38-19-7-8-20-21-9-10-35-16-18-13-27(44-32(36)17-11-25(39-2)30(41-4)26(12-17)40-3)31(42-5)28(33(37)43-6)22(18)15-24(35)29(21)34-23(20)14-19/h7-8,11-12,14,18,22,24,27-29,31H,9-10,13,15-16H2,1-6H3/t18-,22+,24+,27-,28+,29?,31+/m1/s1. The Balaban J connectivity index is 1.28. The number of hydrogen-bond acceptors (Lipinski definition) is 11. The molecule has 236 valence electrons. The van der Waals surface area contributed by atoms with E-state index in [1.165, 1.54) is 39.2 Å². The summed E-state index contributed by atoms with van der Waals surface area (Å²) in [7, 11) is 9.09. The molecule has 1 aliphatic carbocycles. The van der Waals surface area contributed by atoms with Gasteiger partial charge in [-0.1, -0.05) is 0 Å². The fourth-order valence-electron chi connectivity index (χ4n) is 7.91. The molecular formula is C33H40N2O9. The van der Waals surface area contributed by atoms with Crippen molar-refractivity contribution in [1.29, 1.82) is 0 Å². The Kier molecular flexibility index (Phi) is 8.43. The SMILES string of the molecule is COC(=O)[C@H]1[C@H]2C[C@H]3C4N=c5cc(OC)ccc5=C4CCN3C[C@H]2C[C@@H](OC(=O)c2cc(OC)c(OC)c(OC)c2)[C@@H]1OC. The molecule has 3 aliphatic heterocycles. The zero-order valence-corrected chi connectivity index (χ0v) is 26.0. The molecule has 0 aromatic heterocycles. The van der Waals surface area contributed by atoms with Crippen LogP contribution in [0.4, 0.5) is 0 Å². The molecule has 0 bridgehead atoms. The second-order valence-corrected chi connectivity index (χ2v) is 11.8. The van der Waals surface area contributed by atoms with Crippen molar-refractivity contribution in [2.75, 3.05) is 55.7 Å². The highest BCUT2D eigenvalue weighted by molar-refractivity contribution is 5.91. The molecule has 1 saturated carbocycles. The van der Waals surface area contributed by atoms with Crippen LogP contribution in [0, 0.1) is 17.8 Å². The van der Waals surface area contributed by atoms with Crippen LogP contribution in [-0.2, 0) is 19.0 Å². The van der Waals surface area contributed by atoms with Crippen molar-refractivity contribution in [1.82, 2.24) is 4.90 Å². The van der Waals surface area contributed by atoms with Gasteiger partial charge >= 0.3 is 11.9 Å². The summed E-state index contributed by atoms with van der Waals surface area (Å²) >= 11 is 0. The highest BCUT2D eigenvalue weighted by Crippen LogP contribution is 2.48. The summed E-state index contributed by atoms with van der Waals surface area (Å²) in [4.78, 5) is 34.6. The van der Waals surface area contributed by atoms with Gasteiger partial charge in [-0.05, 0) is 60.9 Å². The van der Waals surface area contributed by atoms with Gasteiger partial charge in [-0.3, -0.25) is 14.7 Å². The molecular weight excluding hydrogens is 568 g/mol. The number of carbonyl (C=O) groups is 2. The molecule has 4 aliphatic rings. The van der Waals surface area contributed by atoms with E-state index in [0.29, 0.717) is 23.7 Å². The molecule has 11 nitrogen and oxygen atoms in total. The number of esters is 2. The Labute approximate surface area is 256 Å². The summed E-state index contributed by atoms with van der Waals surface area (Å²) in [6.45, 7) is 1.68. The largest absolute Gasteiger partial charge is 0.497 e. The maximum atomic E-state index is 13.5. The molecule has 6 rings (SSSR count). The molecule has 7 atom stereocenters. The summed E-state index contributed by atoms with van der Waals surface area (Å²) in [6.07, 6.45) is 0.928. The van der Waals surface area contributed by atoms with Crippen molar-refractivity contribution in [3.63, 3.8) is 0 Å². The number of nitrogens with zero attached hydrogens (tertiary/aromatic N) is 2. The molecule has 2 aromatic rings. The van der Waals surface area contributed by atoms with Crippen molar-refractivity contribution < 1.29 is 42.7 Å². The number of fused-ring (bicyclic) bond motifs is 5. The lowest BCUT2D eigenvalue weighted by atomic mass is 9.63. The van der Waals surface area contributed by atoms with Gasteiger partial charge in [-0.2, -0.15) is 0 Å². The van der Waals surface area contributed by atoms with Crippen LogP contribution >= 0.6 is 0 Å². The first-order valence-electron chi connectivity index (χ1n) is 15.0. The number of ether oxygens (including phenoxy) is 7. The number of carbonyl (C=O) groups excluding carboxylic acids is 2. The highest BCUT2D eigenvalue weighted by Gasteiger charge is 2.55. The van der Waals surface area contributed by atoms with Gasteiger partial charge in [0.05, 0.1) is 58.4 Å². The maximum absolute atomic E-state index is 13.5. The van der Waals surface area contributed by atoms with Crippen molar-refractivity contribution in [3.8, 4) is 23.0 Å². The fourth-order valence-corrected chi connectivity index (χ4v) is 7.91. The summed E-state index contributed by atoms with van der Waals surface area (Å²) < 4.78 is 39.1. The van der Waals surface area contributed by atoms with E-state index in [0.717, 1.165) is 37.0 Å². The minimum atomic E-state index is -0.671. The van der Waals surface area contributed by atoms with E-state index in [1.54, 1.807) is 26.4 Å². The Morgan fingerprint density at radius 1 is 0.909 bits per heavy atom. The van der Waals surface area contributed by atoms with Gasteiger partial charge in [0.15, 0.2) is 11.5 Å². The highest BCUT2D eigenvalue weighted by atomic mass is 16.6. The molecule has 2 aromatic carbocycles. The first-order valence-corrected chi connectivity index (χ1v) is 15.0. The van der Waals surface area contributed by atoms with Crippen LogP contribution in [0.5, 0.6) is 23.0 Å². The monoisotopic (exact) mass is 608 g/mol. The van der Waals surface area contributed by atoms with Crippen LogP contribution < -0.4 is 29.5 Å². The summed E-state index contributed by atoms with van der Waals surface area (Å²) in [5.41, 5.74) is 1.60. The fraction of sp³-hybridized carbons (Fsp3) is 0.545. The van der Waals surface area contributed by atoms with Crippen LogP contribution in [-0.4, -0.2) is 96.9 Å². The zero-order chi connectivity index (χ0) is 31.1. The van der Waals surface area contributed by atoms with Crippen molar-refractivity contribution >= 4 is 17.5 Å². The second kappa shape index (κ2) is 12.3. The van der Waals surface area contributed by atoms with Crippen LogP contribution in [0.3, 0.4) is 0 Å². The van der Waals surface area contributed by atoms with Gasteiger partial charge in [0.1, 0.15) is 18.0 Å². The topological polar surface area (TPSA) is 114 Å². The molecule has 44 heavy (non-hydrogen) atoms. The third-order valence-corrected chi connectivity index (χ3v) is 9.90. The van der Waals surface area contributed by atoms with E-state index in [9.17, 15) is 9.59 Å². The minimum absolute atomic E-state index is 0.0161. The van der Waals surface area contributed by atoms with Crippen LogP contribution in [0.25, 0.3) is 5.57 Å². The third kappa shape index (κ3) is 5.05. The zero-order valence-electron chi connectivity index (χ0n) is 26.0. The predicted molar refractivity (Wildman–Crippen MR) is 159 cm³/mol.